The van der Waals surface area contributed by atoms with Crippen LogP contribution in [0.2, 0.25) is 0 Å². The van der Waals surface area contributed by atoms with Gasteiger partial charge in [-0.05, 0) is 19.4 Å². The van der Waals surface area contributed by atoms with Crippen molar-refractivity contribution in [1.29, 1.82) is 0 Å². The molecule has 0 unspecified atom stereocenters. The number of nitrogens with two attached hydrogens (primary N) is 1. The number of aromatic nitrogens is 1. The molecular weight excluding hydrogens is 247 g/mol. The highest BCUT2D eigenvalue weighted by molar-refractivity contribution is 5.98. The number of rotatable bonds is 4. The van der Waals surface area contributed by atoms with Crippen LogP contribution in [0.25, 0.3) is 0 Å². The number of halogens is 3. The van der Waals surface area contributed by atoms with Crippen molar-refractivity contribution in [3.05, 3.63) is 23.5 Å². The molecule has 1 heterocycles. The van der Waals surface area contributed by atoms with E-state index in [-0.39, 0.29) is 24.2 Å². The zero-order chi connectivity index (χ0) is 13.8. The fraction of sp³-hybridized carbons (Fsp3) is 0.455. The summed E-state index contributed by atoms with van der Waals surface area (Å²) < 4.78 is 35.6. The third kappa shape index (κ3) is 4.60. The number of nitrogens with one attached hydrogen (secondary N) is 1. The Morgan fingerprint density at radius 2 is 2.17 bits per heavy atom. The van der Waals surface area contributed by atoms with Crippen LogP contribution >= 0.6 is 0 Å². The van der Waals surface area contributed by atoms with Gasteiger partial charge in [0.05, 0.1) is 5.56 Å². The number of alkyl halides is 3. The number of anilines is 1. The summed E-state index contributed by atoms with van der Waals surface area (Å²) in [5, 5.41) is 2.37. The molecule has 0 aliphatic rings. The predicted octanol–water partition coefficient (Wildman–Crippen LogP) is 2.04. The highest BCUT2D eigenvalue weighted by Crippen LogP contribution is 2.20. The lowest BCUT2D eigenvalue weighted by Crippen LogP contribution is -2.26. The zero-order valence-electron chi connectivity index (χ0n) is 9.84. The molecule has 0 aromatic carbocycles. The molecule has 0 aliphatic carbocycles. The van der Waals surface area contributed by atoms with Gasteiger partial charge in [-0.25, -0.2) is 0 Å². The fourth-order valence-electron chi connectivity index (χ4n) is 1.36. The second-order valence-corrected chi connectivity index (χ2v) is 3.89. The number of nitrogens with zero attached hydrogens (tertiary/aromatic N) is 1. The number of carbonyl (C=O) groups is 1. The van der Waals surface area contributed by atoms with E-state index in [1.54, 1.807) is 6.92 Å². The van der Waals surface area contributed by atoms with Gasteiger partial charge in [-0.1, -0.05) is 0 Å². The van der Waals surface area contributed by atoms with Crippen LogP contribution in [0.5, 0.6) is 0 Å². The van der Waals surface area contributed by atoms with Gasteiger partial charge in [0.1, 0.15) is 0 Å². The number of nitrogen functional groups attached to an aromatic ring is 1. The molecule has 1 aromatic rings. The maximum Gasteiger partial charge on any atom is 0.389 e. The Hall–Kier alpha value is -1.79. The van der Waals surface area contributed by atoms with Crippen molar-refractivity contribution >= 4 is 11.6 Å². The predicted molar refractivity (Wildman–Crippen MR) is 61.0 cm³/mol. The van der Waals surface area contributed by atoms with Crippen molar-refractivity contribution in [2.24, 2.45) is 0 Å². The van der Waals surface area contributed by atoms with Crippen LogP contribution < -0.4 is 11.1 Å². The van der Waals surface area contributed by atoms with Crippen molar-refractivity contribution in [3.63, 3.8) is 0 Å². The minimum Gasteiger partial charge on any atom is -0.398 e. The smallest absolute Gasteiger partial charge is 0.389 e. The molecule has 100 valence electrons. The largest absolute Gasteiger partial charge is 0.398 e. The van der Waals surface area contributed by atoms with Crippen LogP contribution in [0.3, 0.4) is 0 Å². The van der Waals surface area contributed by atoms with Gasteiger partial charge in [0.15, 0.2) is 0 Å². The highest BCUT2D eigenvalue weighted by Gasteiger charge is 2.26. The zero-order valence-corrected chi connectivity index (χ0v) is 9.84. The molecule has 3 N–H and O–H groups in total. The summed E-state index contributed by atoms with van der Waals surface area (Å²) in [6.45, 7) is 1.67. The van der Waals surface area contributed by atoms with Gasteiger partial charge < -0.3 is 11.1 Å². The van der Waals surface area contributed by atoms with E-state index in [0.717, 1.165) is 0 Å². The van der Waals surface area contributed by atoms with Crippen LogP contribution in [0.15, 0.2) is 12.3 Å². The van der Waals surface area contributed by atoms with E-state index in [1.807, 2.05) is 0 Å². The van der Waals surface area contributed by atoms with Crippen molar-refractivity contribution in [2.45, 2.75) is 25.9 Å². The minimum absolute atomic E-state index is 0.0499. The summed E-state index contributed by atoms with van der Waals surface area (Å²) in [5.74, 6) is -0.512. The van der Waals surface area contributed by atoms with Crippen molar-refractivity contribution < 1.29 is 18.0 Å². The Kier molecular flexibility index (Phi) is 4.52. The number of pyridine rings is 1. The number of aryl methyl sites for hydroxylation is 1. The molecule has 0 saturated carbocycles. The van der Waals surface area contributed by atoms with E-state index in [1.165, 1.54) is 12.3 Å². The second-order valence-electron chi connectivity index (χ2n) is 3.89. The first-order valence-electron chi connectivity index (χ1n) is 5.36. The molecule has 4 nitrogen and oxygen atoms in total. The topological polar surface area (TPSA) is 68.0 Å². The van der Waals surface area contributed by atoms with E-state index in [2.05, 4.69) is 10.3 Å². The van der Waals surface area contributed by atoms with Gasteiger partial charge in [0.25, 0.3) is 5.91 Å². The molecule has 1 amide bonds. The monoisotopic (exact) mass is 261 g/mol. The van der Waals surface area contributed by atoms with Gasteiger partial charge in [-0.15, -0.1) is 0 Å². The molecule has 7 heteroatoms. The van der Waals surface area contributed by atoms with Crippen LogP contribution in [0, 0.1) is 6.92 Å². The van der Waals surface area contributed by atoms with Gasteiger partial charge in [-0.2, -0.15) is 13.2 Å². The summed E-state index contributed by atoms with van der Waals surface area (Å²) in [7, 11) is 0. The fourth-order valence-corrected chi connectivity index (χ4v) is 1.36. The third-order valence-corrected chi connectivity index (χ3v) is 2.24. The van der Waals surface area contributed by atoms with Crippen LogP contribution in [0.1, 0.15) is 28.9 Å². The van der Waals surface area contributed by atoms with Crippen LogP contribution in [-0.4, -0.2) is 23.6 Å². The maximum atomic E-state index is 11.9. The van der Waals surface area contributed by atoms with E-state index in [0.29, 0.717) is 5.69 Å². The van der Waals surface area contributed by atoms with Crippen LogP contribution in [0.4, 0.5) is 18.9 Å². The lowest BCUT2D eigenvalue weighted by Gasteiger charge is -2.09. The Labute approximate surface area is 102 Å². The Balaban J connectivity index is 2.46. The number of carbonyl (C=O) groups excluding carboxylic acids is 1. The van der Waals surface area contributed by atoms with E-state index < -0.39 is 18.5 Å². The first-order chi connectivity index (χ1) is 8.29. The molecule has 0 aliphatic heterocycles. The molecule has 1 rings (SSSR count). The standard InChI is InChI=1S/C11H14F3N3O/c1-7-5-9(15)8(6-17-7)10(18)16-4-2-3-11(12,13)14/h5-6H,2-4H2,1H3,(H2,15,17)(H,16,18). The van der Waals surface area contributed by atoms with Crippen molar-refractivity contribution in [1.82, 2.24) is 10.3 Å². The summed E-state index contributed by atoms with van der Waals surface area (Å²) >= 11 is 0. The summed E-state index contributed by atoms with van der Waals surface area (Å²) in [6, 6.07) is 1.53. The van der Waals surface area contributed by atoms with E-state index in [4.69, 9.17) is 5.73 Å². The molecule has 0 spiro atoms. The minimum atomic E-state index is -4.20. The molecular formula is C11H14F3N3O. The van der Waals surface area contributed by atoms with Gasteiger partial charge in [0, 0.05) is 30.5 Å². The van der Waals surface area contributed by atoms with Gasteiger partial charge in [0.2, 0.25) is 0 Å². The second kappa shape index (κ2) is 5.70. The van der Waals surface area contributed by atoms with Crippen LogP contribution in [-0.2, 0) is 0 Å². The summed E-state index contributed by atoms with van der Waals surface area (Å²) in [4.78, 5) is 15.5. The molecule has 0 bridgehead atoms. The SMILES string of the molecule is Cc1cc(N)c(C(=O)NCCCC(F)(F)F)cn1. The average molecular weight is 261 g/mol. The molecule has 0 atom stereocenters. The van der Waals surface area contributed by atoms with Crippen molar-refractivity contribution in [3.8, 4) is 0 Å². The summed E-state index contributed by atoms with van der Waals surface area (Å²) in [5.41, 5.74) is 6.72. The van der Waals surface area contributed by atoms with Gasteiger partial charge >= 0.3 is 6.18 Å². The van der Waals surface area contributed by atoms with Gasteiger partial charge in [-0.3, -0.25) is 9.78 Å². The first kappa shape index (κ1) is 14.3. The Morgan fingerprint density at radius 3 is 2.72 bits per heavy atom. The molecule has 0 saturated heterocycles. The molecule has 1 aromatic heterocycles. The highest BCUT2D eigenvalue weighted by atomic mass is 19.4. The molecule has 0 radical (unpaired) electrons. The average Bonchev–Trinajstić information content (AvgIpc) is 2.22. The van der Waals surface area contributed by atoms with E-state index >= 15 is 0 Å². The summed E-state index contributed by atoms with van der Waals surface area (Å²) in [6.07, 6.45) is -3.97. The molecule has 0 fully saturated rings. The normalized spacial score (nSPS) is 11.3. The third-order valence-electron chi connectivity index (χ3n) is 2.24. The number of amides is 1. The first-order valence-corrected chi connectivity index (χ1v) is 5.36. The molecule has 18 heavy (non-hydrogen) atoms. The Bertz CT molecular complexity index is 432. The quantitative estimate of drug-likeness (QED) is 0.815. The number of hydrogen-bond donors (Lipinski definition) is 2. The number of hydrogen-bond acceptors (Lipinski definition) is 3. The Morgan fingerprint density at radius 1 is 1.50 bits per heavy atom. The lowest BCUT2D eigenvalue weighted by molar-refractivity contribution is -0.135. The van der Waals surface area contributed by atoms with Crippen molar-refractivity contribution in [2.75, 3.05) is 12.3 Å². The maximum absolute atomic E-state index is 11.9. The lowest BCUT2D eigenvalue weighted by atomic mass is 10.2. The van der Waals surface area contributed by atoms with E-state index in [9.17, 15) is 18.0 Å².